The van der Waals surface area contributed by atoms with Crippen LogP contribution in [0.2, 0.25) is 0 Å². The van der Waals surface area contributed by atoms with Crippen LogP contribution in [0.1, 0.15) is 22.6 Å². The van der Waals surface area contributed by atoms with E-state index in [4.69, 9.17) is 14.2 Å². The maximum atomic E-state index is 12.7. The van der Waals surface area contributed by atoms with E-state index in [1.165, 1.54) is 7.11 Å². The number of hydrogen-bond donors (Lipinski definition) is 3. The van der Waals surface area contributed by atoms with Crippen molar-refractivity contribution >= 4 is 15.9 Å². The van der Waals surface area contributed by atoms with Crippen molar-refractivity contribution in [3.63, 3.8) is 0 Å². The number of rotatable bonds is 6. The number of nitrogens with one attached hydrogen (secondary N) is 1. The maximum absolute atomic E-state index is 12.7. The lowest BCUT2D eigenvalue weighted by Crippen LogP contribution is -2.52. The van der Waals surface area contributed by atoms with Gasteiger partial charge in [0.2, 0.25) is 0 Å². The van der Waals surface area contributed by atoms with Crippen molar-refractivity contribution in [2.75, 3.05) is 26.9 Å². The topological polar surface area (TPSA) is 93.1 Å². The van der Waals surface area contributed by atoms with Gasteiger partial charge >= 0.3 is 0 Å². The Bertz CT molecular complexity index is 1220. The van der Waals surface area contributed by atoms with Crippen molar-refractivity contribution in [3.8, 4) is 11.5 Å². The Balaban J connectivity index is 1.60. The molecule has 0 amide bonds. The predicted molar refractivity (Wildman–Crippen MR) is 132 cm³/mol. The van der Waals surface area contributed by atoms with Gasteiger partial charge in [-0.3, -0.25) is 4.98 Å². The van der Waals surface area contributed by atoms with Gasteiger partial charge in [-0.05, 0) is 23.3 Å². The summed E-state index contributed by atoms with van der Waals surface area (Å²) in [5, 5.41) is 28.3. The summed E-state index contributed by atoms with van der Waals surface area (Å²) in [5.74, 6) is 0.0533. The van der Waals surface area contributed by atoms with Crippen LogP contribution in [0.25, 0.3) is 0 Å². The molecule has 1 saturated carbocycles. The summed E-state index contributed by atoms with van der Waals surface area (Å²) in [4.78, 5) is 4.27. The number of aliphatic hydroxyl groups excluding tert-OH is 1. The highest BCUT2D eigenvalue weighted by Crippen LogP contribution is 2.69. The highest BCUT2D eigenvalue weighted by Gasteiger charge is 2.76. The van der Waals surface area contributed by atoms with Crippen LogP contribution in [-0.4, -0.2) is 54.2 Å². The van der Waals surface area contributed by atoms with Gasteiger partial charge < -0.3 is 29.7 Å². The Morgan fingerprint density at radius 3 is 2.51 bits per heavy atom. The van der Waals surface area contributed by atoms with Gasteiger partial charge in [-0.1, -0.05) is 58.4 Å². The molecule has 5 atom stereocenters. The molecular formula is C27H27BrN2O5. The van der Waals surface area contributed by atoms with Gasteiger partial charge in [-0.25, -0.2) is 0 Å². The summed E-state index contributed by atoms with van der Waals surface area (Å²) in [5.41, 5.74) is -0.922. The van der Waals surface area contributed by atoms with Gasteiger partial charge in [-0.2, -0.15) is 0 Å². The first kappa shape index (κ1) is 22.9. The Morgan fingerprint density at radius 1 is 1.11 bits per heavy atom. The number of pyridine rings is 1. The summed E-state index contributed by atoms with van der Waals surface area (Å²) in [7, 11) is 1.53. The predicted octanol–water partition coefficient (Wildman–Crippen LogP) is 3.09. The fourth-order valence-electron chi connectivity index (χ4n) is 6.11. The lowest BCUT2D eigenvalue weighted by Gasteiger charge is -2.41. The molecule has 0 bridgehead atoms. The third kappa shape index (κ3) is 3.21. The lowest BCUT2D eigenvalue weighted by molar-refractivity contribution is -0.152. The van der Waals surface area contributed by atoms with Gasteiger partial charge in [-0.15, -0.1) is 0 Å². The van der Waals surface area contributed by atoms with Crippen LogP contribution in [0.15, 0.2) is 71.5 Å². The lowest BCUT2D eigenvalue weighted by atomic mass is 9.70. The Labute approximate surface area is 212 Å². The third-order valence-electron chi connectivity index (χ3n) is 7.73. The van der Waals surface area contributed by atoms with Crippen LogP contribution in [-0.2, 0) is 15.9 Å². The van der Waals surface area contributed by atoms with E-state index in [0.717, 1.165) is 15.6 Å². The summed E-state index contributed by atoms with van der Waals surface area (Å²) in [6.07, 6.45) is 1.99. The summed E-state index contributed by atoms with van der Waals surface area (Å²) >= 11 is 3.52. The largest absolute Gasteiger partial charge is 0.495 e. The van der Waals surface area contributed by atoms with Crippen molar-refractivity contribution in [2.24, 2.45) is 5.92 Å². The smallest absolute Gasteiger partial charge is 0.177 e. The van der Waals surface area contributed by atoms with E-state index in [2.05, 4.69) is 26.2 Å². The monoisotopic (exact) mass is 538 g/mol. The Kier molecular flexibility index (Phi) is 5.62. The fourth-order valence-corrected chi connectivity index (χ4v) is 6.38. The molecule has 0 spiro atoms. The number of benzene rings is 2. The standard InChI is InChI=1S/C27H27BrN2O5/c1-33-21-12-29-13-22-24(21)26(32)25(31)20(11-30-19-14-34-15-19)23(16-5-3-2-4-6-16)27(26,35-22)17-7-9-18(28)10-8-17/h2-10,12-13,19-20,23,25,30-32H,11,14-15H2,1H3/t20-,23-,25-,26+,27+/m1/s1. The van der Waals surface area contributed by atoms with Gasteiger partial charge in [0.15, 0.2) is 11.2 Å². The van der Waals surface area contributed by atoms with E-state index in [1.807, 2.05) is 54.6 Å². The maximum Gasteiger partial charge on any atom is 0.177 e. The molecule has 0 radical (unpaired) electrons. The molecule has 3 aliphatic rings. The van der Waals surface area contributed by atoms with Crippen molar-refractivity contribution < 1.29 is 24.4 Å². The van der Waals surface area contributed by atoms with Gasteiger partial charge in [0.25, 0.3) is 0 Å². The van der Waals surface area contributed by atoms with E-state index in [9.17, 15) is 10.2 Å². The molecule has 1 aromatic heterocycles. The zero-order valence-electron chi connectivity index (χ0n) is 19.2. The molecule has 1 aliphatic carbocycles. The minimum absolute atomic E-state index is 0.226. The molecule has 2 aromatic carbocycles. The molecule has 182 valence electrons. The first-order valence-electron chi connectivity index (χ1n) is 11.7. The van der Waals surface area contributed by atoms with E-state index >= 15 is 0 Å². The molecular weight excluding hydrogens is 512 g/mol. The number of halogens is 1. The second-order valence-corrected chi connectivity index (χ2v) is 10.4. The number of aliphatic hydroxyl groups is 2. The zero-order valence-corrected chi connectivity index (χ0v) is 20.8. The molecule has 3 heterocycles. The zero-order chi connectivity index (χ0) is 24.2. The fraction of sp³-hybridized carbons (Fsp3) is 0.370. The Hall–Kier alpha value is -2.49. The number of nitrogens with zero attached hydrogens (tertiary/aromatic N) is 1. The number of fused-ring (bicyclic) bond motifs is 3. The number of hydrogen-bond acceptors (Lipinski definition) is 7. The summed E-state index contributed by atoms with van der Waals surface area (Å²) in [6.45, 7) is 1.76. The molecule has 3 aromatic rings. The third-order valence-corrected chi connectivity index (χ3v) is 8.26. The van der Waals surface area contributed by atoms with Crippen molar-refractivity contribution in [2.45, 2.75) is 29.3 Å². The van der Waals surface area contributed by atoms with E-state index in [0.29, 0.717) is 36.8 Å². The SMILES string of the molecule is COc1cncc2c1[C@]1(O)[C@H](O)[C@H](CNC3COC3)[C@@H](c3ccccc3)[C@]1(c1ccc(Br)cc1)O2. The molecule has 2 aliphatic heterocycles. The van der Waals surface area contributed by atoms with Crippen LogP contribution in [0.4, 0.5) is 0 Å². The van der Waals surface area contributed by atoms with Crippen molar-refractivity contribution in [1.29, 1.82) is 0 Å². The highest BCUT2D eigenvalue weighted by molar-refractivity contribution is 9.10. The van der Waals surface area contributed by atoms with Crippen molar-refractivity contribution in [1.82, 2.24) is 10.3 Å². The number of methoxy groups -OCH3 is 1. The molecule has 6 rings (SSSR count). The minimum Gasteiger partial charge on any atom is -0.495 e. The normalized spacial score (nSPS) is 31.4. The molecule has 3 N–H and O–H groups in total. The Morgan fingerprint density at radius 2 is 1.86 bits per heavy atom. The quantitative estimate of drug-likeness (QED) is 0.444. The van der Waals surface area contributed by atoms with Gasteiger partial charge in [0.1, 0.15) is 11.5 Å². The van der Waals surface area contributed by atoms with Crippen LogP contribution >= 0.6 is 15.9 Å². The average molecular weight is 539 g/mol. The van der Waals surface area contributed by atoms with Crippen molar-refractivity contribution in [3.05, 3.63) is 88.2 Å². The van der Waals surface area contributed by atoms with Gasteiger partial charge in [0, 0.05) is 22.9 Å². The molecule has 1 saturated heterocycles. The summed E-state index contributed by atoms with van der Waals surface area (Å²) in [6, 6.07) is 17.9. The van der Waals surface area contributed by atoms with Gasteiger partial charge in [0.05, 0.1) is 50.4 Å². The van der Waals surface area contributed by atoms with E-state index < -0.39 is 17.3 Å². The second-order valence-electron chi connectivity index (χ2n) is 9.47. The average Bonchev–Trinajstić information content (AvgIpc) is 3.22. The first-order valence-corrected chi connectivity index (χ1v) is 12.5. The molecule has 7 nitrogen and oxygen atoms in total. The molecule has 2 fully saturated rings. The molecule has 35 heavy (non-hydrogen) atoms. The molecule has 0 unspecified atom stereocenters. The van der Waals surface area contributed by atoms with Crippen LogP contribution in [0.5, 0.6) is 11.5 Å². The van der Waals surface area contributed by atoms with Crippen LogP contribution < -0.4 is 14.8 Å². The van der Waals surface area contributed by atoms with Crippen LogP contribution in [0.3, 0.4) is 0 Å². The van der Waals surface area contributed by atoms with E-state index in [-0.39, 0.29) is 17.9 Å². The second kappa shape index (κ2) is 8.57. The first-order chi connectivity index (χ1) is 17.0. The van der Waals surface area contributed by atoms with Crippen LogP contribution in [0, 0.1) is 5.92 Å². The molecule has 8 heteroatoms. The minimum atomic E-state index is -1.78. The van der Waals surface area contributed by atoms with E-state index in [1.54, 1.807) is 12.4 Å². The highest BCUT2D eigenvalue weighted by atomic mass is 79.9. The summed E-state index contributed by atoms with van der Waals surface area (Å²) < 4.78 is 18.7. The number of aromatic nitrogens is 1. The number of ether oxygens (including phenoxy) is 3.